The summed E-state index contributed by atoms with van der Waals surface area (Å²) in [6, 6.07) is 14.0. The molecule has 0 fully saturated rings. The van der Waals surface area contributed by atoms with Crippen LogP contribution in [0.4, 0.5) is 16.2 Å². The van der Waals surface area contributed by atoms with E-state index in [-0.39, 0.29) is 5.82 Å². The highest BCUT2D eigenvalue weighted by Crippen LogP contribution is 2.22. The normalized spacial score (nSPS) is 10.6. The van der Waals surface area contributed by atoms with Gasteiger partial charge in [-0.2, -0.15) is 4.98 Å². The van der Waals surface area contributed by atoms with Crippen LogP contribution in [0, 0.1) is 5.82 Å². The molecule has 0 aliphatic heterocycles. The second-order valence-corrected chi connectivity index (χ2v) is 4.54. The second-order valence-electron chi connectivity index (χ2n) is 4.54. The molecule has 0 saturated heterocycles. The molecule has 0 spiro atoms. The molecule has 5 nitrogen and oxygen atoms in total. The zero-order valence-electron chi connectivity index (χ0n) is 11.2. The van der Waals surface area contributed by atoms with Crippen LogP contribution in [0.3, 0.4) is 0 Å². The van der Waals surface area contributed by atoms with E-state index in [4.69, 9.17) is 5.84 Å². The number of benzene rings is 2. The first-order valence-electron chi connectivity index (χ1n) is 6.48. The zero-order chi connectivity index (χ0) is 14.7. The lowest BCUT2D eigenvalue weighted by Crippen LogP contribution is -2.12. The molecule has 106 valence electrons. The highest BCUT2D eigenvalue weighted by atomic mass is 19.1. The standard InChI is InChI=1S/C15H14FN5/c16-11-5-3-4-10(8-11)9-18-14-12-6-1-2-7-13(12)19-15(20-14)21-17/h1-8H,9,17H2,(H2,18,19,20,21). The van der Waals surface area contributed by atoms with E-state index in [2.05, 4.69) is 20.7 Å². The van der Waals surface area contributed by atoms with Crippen LogP contribution in [0.1, 0.15) is 5.56 Å². The van der Waals surface area contributed by atoms with E-state index in [1.54, 1.807) is 6.07 Å². The molecule has 21 heavy (non-hydrogen) atoms. The molecule has 3 rings (SSSR count). The number of hydrogen-bond donors (Lipinski definition) is 3. The van der Waals surface area contributed by atoms with Gasteiger partial charge in [0.05, 0.1) is 5.52 Å². The van der Waals surface area contributed by atoms with E-state index in [0.717, 1.165) is 16.5 Å². The minimum absolute atomic E-state index is 0.258. The third kappa shape index (κ3) is 2.90. The fourth-order valence-electron chi connectivity index (χ4n) is 2.11. The van der Waals surface area contributed by atoms with Crippen LogP contribution in [0.25, 0.3) is 10.9 Å². The van der Waals surface area contributed by atoms with Gasteiger partial charge in [-0.15, -0.1) is 0 Å². The number of aromatic nitrogens is 2. The Bertz CT molecular complexity index is 775. The predicted octanol–water partition coefficient (Wildman–Crippen LogP) is 2.67. The lowest BCUT2D eigenvalue weighted by molar-refractivity contribution is 0.626. The molecule has 0 aliphatic carbocycles. The first-order valence-corrected chi connectivity index (χ1v) is 6.48. The summed E-state index contributed by atoms with van der Waals surface area (Å²) in [7, 11) is 0. The fraction of sp³-hybridized carbons (Fsp3) is 0.0667. The number of para-hydroxylation sites is 1. The van der Waals surface area contributed by atoms with Gasteiger partial charge >= 0.3 is 0 Å². The van der Waals surface area contributed by atoms with Crippen molar-refractivity contribution in [1.82, 2.24) is 9.97 Å². The molecule has 0 atom stereocenters. The van der Waals surface area contributed by atoms with Crippen molar-refractivity contribution in [2.75, 3.05) is 10.7 Å². The first kappa shape index (κ1) is 13.3. The second kappa shape index (κ2) is 5.72. The summed E-state index contributed by atoms with van der Waals surface area (Å²) < 4.78 is 13.2. The average Bonchev–Trinajstić information content (AvgIpc) is 2.52. The topological polar surface area (TPSA) is 75.9 Å². The number of anilines is 2. The summed E-state index contributed by atoms with van der Waals surface area (Å²) in [5, 5.41) is 4.07. The van der Waals surface area contributed by atoms with Crippen LogP contribution in [0.2, 0.25) is 0 Å². The number of fused-ring (bicyclic) bond motifs is 1. The van der Waals surface area contributed by atoms with Gasteiger partial charge in [-0.05, 0) is 29.8 Å². The van der Waals surface area contributed by atoms with Gasteiger partial charge in [-0.1, -0.05) is 24.3 Å². The molecular formula is C15H14FN5. The quantitative estimate of drug-likeness (QED) is 0.507. The van der Waals surface area contributed by atoms with Crippen molar-refractivity contribution in [2.24, 2.45) is 5.84 Å². The maximum atomic E-state index is 13.2. The molecule has 3 aromatic rings. The fourth-order valence-corrected chi connectivity index (χ4v) is 2.11. The Balaban J connectivity index is 1.92. The van der Waals surface area contributed by atoms with Crippen molar-refractivity contribution in [2.45, 2.75) is 6.54 Å². The van der Waals surface area contributed by atoms with Gasteiger partial charge in [0.25, 0.3) is 0 Å². The number of halogens is 1. The van der Waals surface area contributed by atoms with Crippen molar-refractivity contribution in [3.8, 4) is 0 Å². The summed E-state index contributed by atoms with van der Waals surface area (Å²) in [5.41, 5.74) is 4.06. The van der Waals surface area contributed by atoms with Gasteiger partial charge in [0.1, 0.15) is 11.6 Å². The molecule has 2 aromatic carbocycles. The molecule has 1 aromatic heterocycles. The van der Waals surface area contributed by atoms with Gasteiger partial charge in [0.15, 0.2) is 0 Å². The molecule has 0 unspecified atom stereocenters. The SMILES string of the molecule is NNc1nc(NCc2cccc(F)c2)c2ccccc2n1. The maximum absolute atomic E-state index is 13.2. The monoisotopic (exact) mass is 283 g/mol. The van der Waals surface area contributed by atoms with Crippen LogP contribution in [-0.2, 0) is 6.54 Å². The predicted molar refractivity (Wildman–Crippen MR) is 81.1 cm³/mol. The number of rotatable bonds is 4. The minimum atomic E-state index is -0.258. The lowest BCUT2D eigenvalue weighted by atomic mass is 10.2. The number of nitrogens with two attached hydrogens (primary N) is 1. The number of hydrazine groups is 1. The van der Waals surface area contributed by atoms with E-state index in [1.165, 1.54) is 12.1 Å². The third-order valence-corrected chi connectivity index (χ3v) is 3.08. The van der Waals surface area contributed by atoms with Crippen LogP contribution in [0.5, 0.6) is 0 Å². The van der Waals surface area contributed by atoms with Gasteiger partial charge in [0, 0.05) is 11.9 Å². The van der Waals surface area contributed by atoms with Crippen molar-refractivity contribution in [3.63, 3.8) is 0 Å². The van der Waals surface area contributed by atoms with Gasteiger partial charge in [-0.25, -0.2) is 15.2 Å². The number of nitrogen functional groups attached to an aromatic ring is 1. The van der Waals surface area contributed by atoms with Crippen LogP contribution in [-0.4, -0.2) is 9.97 Å². The largest absolute Gasteiger partial charge is 0.365 e. The van der Waals surface area contributed by atoms with Crippen molar-refractivity contribution in [1.29, 1.82) is 0 Å². The van der Waals surface area contributed by atoms with E-state index in [9.17, 15) is 4.39 Å². The van der Waals surface area contributed by atoms with Gasteiger partial charge in [0.2, 0.25) is 5.95 Å². The van der Waals surface area contributed by atoms with E-state index >= 15 is 0 Å². The first-order chi connectivity index (χ1) is 10.3. The molecule has 0 aliphatic rings. The molecule has 0 amide bonds. The Morgan fingerprint density at radius 2 is 1.90 bits per heavy atom. The molecule has 0 saturated carbocycles. The number of nitrogens with one attached hydrogen (secondary N) is 2. The number of hydrogen-bond acceptors (Lipinski definition) is 5. The highest BCUT2D eigenvalue weighted by Gasteiger charge is 2.06. The van der Waals surface area contributed by atoms with Crippen LogP contribution < -0.4 is 16.6 Å². The Kier molecular flexibility index (Phi) is 3.61. The summed E-state index contributed by atoms with van der Waals surface area (Å²) in [6.45, 7) is 0.461. The molecule has 0 radical (unpaired) electrons. The summed E-state index contributed by atoms with van der Waals surface area (Å²) >= 11 is 0. The van der Waals surface area contributed by atoms with Crippen molar-refractivity contribution >= 4 is 22.7 Å². The Labute approximate surface area is 121 Å². The number of nitrogens with zero attached hydrogens (tertiary/aromatic N) is 2. The lowest BCUT2D eigenvalue weighted by Gasteiger charge is -2.10. The maximum Gasteiger partial charge on any atom is 0.239 e. The van der Waals surface area contributed by atoms with E-state index in [1.807, 2.05) is 30.3 Å². The third-order valence-electron chi connectivity index (χ3n) is 3.08. The van der Waals surface area contributed by atoms with Gasteiger partial charge < -0.3 is 5.32 Å². The minimum Gasteiger partial charge on any atom is -0.365 e. The summed E-state index contributed by atoms with van der Waals surface area (Å²) in [6.07, 6.45) is 0. The summed E-state index contributed by atoms with van der Waals surface area (Å²) in [5.74, 6) is 6.11. The average molecular weight is 283 g/mol. The van der Waals surface area contributed by atoms with E-state index in [0.29, 0.717) is 18.3 Å². The smallest absolute Gasteiger partial charge is 0.239 e. The van der Waals surface area contributed by atoms with Crippen LogP contribution >= 0.6 is 0 Å². The zero-order valence-corrected chi connectivity index (χ0v) is 11.2. The molecule has 4 N–H and O–H groups in total. The summed E-state index contributed by atoms with van der Waals surface area (Å²) in [4.78, 5) is 8.58. The molecule has 0 bridgehead atoms. The Morgan fingerprint density at radius 1 is 1.05 bits per heavy atom. The van der Waals surface area contributed by atoms with E-state index < -0.39 is 0 Å². The van der Waals surface area contributed by atoms with Crippen LogP contribution in [0.15, 0.2) is 48.5 Å². The van der Waals surface area contributed by atoms with Crippen molar-refractivity contribution in [3.05, 3.63) is 59.9 Å². The van der Waals surface area contributed by atoms with Gasteiger partial charge in [-0.3, -0.25) is 5.43 Å². The molecule has 6 heteroatoms. The molecular weight excluding hydrogens is 269 g/mol. The molecule has 1 heterocycles. The van der Waals surface area contributed by atoms with Crippen molar-refractivity contribution < 1.29 is 4.39 Å². The Hall–Kier alpha value is -2.73. The highest BCUT2D eigenvalue weighted by molar-refractivity contribution is 5.89. The Morgan fingerprint density at radius 3 is 2.71 bits per heavy atom.